The molecule has 0 aliphatic carbocycles. The number of nitrogens with one attached hydrogen (secondary N) is 2. The first-order chi connectivity index (χ1) is 14.1. The minimum atomic E-state index is 0. The number of aryl methyl sites for hydroxylation is 1. The second-order valence-corrected chi connectivity index (χ2v) is 6.87. The predicted octanol–water partition coefficient (Wildman–Crippen LogP) is 3.75. The summed E-state index contributed by atoms with van der Waals surface area (Å²) in [7, 11) is 3.63. The Morgan fingerprint density at radius 2 is 1.90 bits per heavy atom. The van der Waals surface area contributed by atoms with Crippen molar-refractivity contribution in [2.24, 2.45) is 12.0 Å². The van der Waals surface area contributed by atoms with Crippen molar-refractivity contribution in [2.75, 3.05) is 7.11 Å². The highest BCUT2D eigenvalue weighted by Gasteiger charge is 2.10. The predicted molar refractivity (Wildman–Crippen MR) is 130 cm³/mol. The average molecular weight is 520 g/mol. The van der Waals surface area contributed by atoms with Gasteiger partial charge in [0.2, 0.25) is 0 Å². The summed E-state index contributed by atoms with van der Waals surface area (Å²) in [6.07, 6.45) is 0. The second-order valence-electron chi connectivity index (χ2n) is 6.87. The first-order valence-corrected chi connectivity index (χ1v) is 9.64. The van der Waals surface area contributed by atoms with Crippen molar-refractivity contribution < 1.29 is 4.74 Å². The maximum absolute atomic E-state index is 5.31. The molecule has 160 valence electrons. The fraction of sp³-hybridized carbons (Fsp3) is 0.318. The first-order valence-electron chi connectivity index (χ1n) is 9.64. The number of hydrogen-bond donors (Lipinski definition) is 2. The quantitative estimate of drug-likeness (QED) is 0.282. The third kappa shape index (κ3) is 6.45. The molecule has 0 spiro atoms. The Labute approximate surface area is 195 Å². The van der Waals surface area contributed by atoms with Crippen LogP contribution in [0.2, 0.25) is 0 Å². The summed E-state index contributed by atoms with van der Waals surface area (Å²) in [6.45, 7) is 5.11. The number of aliphatic imine (C=N–C) groups is 1. The molecule has 1 atom stereocenters. The third-order valence-electron chi connectivity index (χ3n) is 4.80. The fourth-order valence-electron chi connectivity index (χ4n) is 2.89. The number of guanidine groups is 1. The van der Waals surface area contributed by atoms with Crippen molar-refractivity contribution in [3.8, 4) is 5.75 Å². The monoisotopic (exact) mass is 520 g/mol. The summed E-state index contributed by atoms with van der Waals surface area (Å²) in [4.78, 5) is 4.77. The Hall–Kier alpha value is -2.62. The van der Waals surface area contributed by atoms with Crippen LogP contribution in [0, 0.1) is 6.92 Å². The van der Waals surface area contributed by atoms with Crippen LogP contribution in [0.4, 0.5) is 0 Å². The Morgan fingerprint density at radius 3 is 2.57 bits per heavy atom. The van der Waals surface area contributed by atoms with Crippen LogP contribution in [-0.2, 0) is 20.1 Å². The molecule has 1 heterocycles. The second kappa shape index (κ2) is 11.5. The van der Waals surface area contributed by atoms with Crippen LogP contribution < -0.4 is 15.4 Å². The van der Waals surface area contributed by atoms with Gasteiger partial charge in [0.05, 0.1) is 26.2 Å². The molecular weight excluding hydrogens is 491 g/mol. The summed E-state index contributed by atoms with van der Waals surface area (Å²) in [5, 5.41) is 15.2. The van der Waals surface area contributed by atoms with E-state index in [9.17, 15) is 0 Å². The molecule has 0 aliphatic heterocycles. The molecular formula is C22H29IN6O. The molecule has 7 nitrogen and oxygen atoms in total. The number of aromatic nitrogens is 3. The van der Waals surface area contributed by atoms with Crippen LogP contribution >= 0.6 is 24.0 Å². The highest BCUT2D eigenvalue weighted by Crippen LogP contribution is 2.14. The van der Waals surface area contributed by atoms with Crippen LogP contribution in [0.15, 0.2) is 59.6 Å². The SMILES string of the molecule is COc1cccc(CN=C(NCc2nnc(C)n2C)NC(C)c2ccccc2)c1.I. The molecule has 0 aliphatic rings. The zero-order chi connectivity index (χ0) is 20.6. The fourth-order valence-corrected chi connectivity index (χ4v) is 2.89. The minimum Gasteiger partial charge on any atom is -0.497 e. The van der Waals surface area contributed by atoms with Crippen LogP contribution in [0.1, 0.15) is 35.7 Å². The van der Waals surface area contributed by atoms with Gasteiger partial charge < -0.3 is 19.9 Å². The molecule has 30 heavy (non-hydrogen) atoms. The van der Waals surface area contributed by atoms with E-state index in [0.717, 1.165) is 23.0 Å². The number of rotatable bonds is 7. The standard InChI is InChI=1S/C22H28N6O.HI/c1-16(19-10-6-5-7-11-19)25-22(24-15-21-27-26-17(2)28(21)3)23-14-18-9-8-12-20(13-18)29-4;/h5-13,16H,14-15H2,1-4H3,(H2,23,24,25);1H. The van der Waals surface area contributed by atoms with Crippen LogP contribution in [0.25, 0.3) is 0 Å². The molecule has 2 aromatic carbocycles. The molecule has 3 aromatic rings. The Morgan fingerprint density at radius 1 is 1.13 bits per heavy atom. The highest BCUT2D eigenvalue weighted by atomic mass is 127. The van der Waals surface area contributed by atoms with E-state index in [1.165, 1.54) is 5.56 Å². The lowest BCUT2D eigenvalue weighted by molar-refractivity contribution is 0.414. The highest BCUT2D eigenvalue weighted by molar-refractivity contribution is 14.0. The van der Waals surface area contributed by atoms with Gasteiger partial charge in [-0.2, -0.15) is 0 Å². The van der Waals surface area contributed by atoms with Gasteiger partial charge in [0.1, 0.15) is 11.6 Å². The summed E-state index contributed by atoms with van der Waals surface area (Å²) in [6, 6.07) is 18.3. The van der Waals surface area contributed by atoms with Crippen molar-refractivity contribution in [1.82, 2.24) is 25.4 Å². The number of ether oxygens (including phenoxy) is 1. The number of methoxy groups -OCH3 is 1. The van der Waals surface area contributed by atoms with E-state index in [-0.39, 0.29) is 30.0 Å². The van der Waals surface area contributed by atoms with Crippen molar-refractivity contribution >= 4 is 29.9 Å². The minimum absolute atomic E-state index is 0. The van der Waals surface area contributed by atoms with Gasteiger partial charge in [-0.1, -0.05) is 42.5 Å². The number of benzene rings is 2. The summed E-state index contributed by atoms with van der Waals surface area (Å²) in [5.41, 5.74) is 2.27. The lowest BCUT2D eigenvalue weighted by Crippen LogP contribution is -2.39. The van der Waals surface area contributed by atoms with E-state index >= 15 is 0 Å². The van der Waals surface area contributed by atoms with E-state index in [1.807, 2.05) is 61.0 Å². The summed E-state index contributed by atoms with van der Waals surface area (Å²) < 4.78 is 7.27. The smallest absolute Gasteiger partial charge is 0.192 e. The van der Waals surface area contributed by atoms with Gasteiger partial charge in [0, 0.05) is 7.05 Å². The maximum Gasteiger partial charge on any atom is 0.192 e. The van der Waals surface area contributed by atoms with E-state index in [1.54, 1.807) is 7.11 Å². The Kier molecular flexibility index (Phi) is 9.10. The van der Waals surface area contributed by atoms with Crippen molar-refractivity contribution in [1.29, 1.82) is 0 Å². The maximum atomic E-state index is 5.31. The van der Waals surface area contributed by atoms with Gasteiger partial charge in [0.25, 0.3) is 0 Å². The lowest BCUT2D eigenvalue weighted by Gasteiger charge is -2.19. The molecule has 1 aromatic heterocycles. The molecule has 0 fully saturated rings. The van der Waals surface area contributed by atoms with Gasteiger partial charge in [0.15, 0.2) is 11.8 Å². The van der Waals surface area contributed by atoms with Crippen LogP contribution in [-0.4, -0.2) is 27.8 Å². The number of nitrogens with zero attached hydrogens (tertiary/aromatic N) is 4. The Balaban J connectivity index is 0.00000320. The van der Waals surface area contributed by atoms with Crippen LogP contribution in [0.5, 0.6) is 5.75 Å². The molecule has 0 bridgehead atoms. The van der Waals surface area contributed by atoms with Crippen LogP contribution in [0.3, 0.4) is 0 Å². The van der Waals surface area contributed by atoms with Crippen molar-refractivity contribution in [3.05, 3.63) is 77.4 Å². The largest absolute Gasteiger partial charge is 0.497 e. The molecule has 0 saturated carbocycles. The van der Waals surface area contributed by atoms with Gasteiger partial charge in [-0.3, -0.25) is 0 Å². The van der Waals surface area contributed by atoms with E-state index in [4.69, 9.17) is 9.73 Å². The molecule has 1 unspecified atom stereocenters. The molecule has 2 N–H and O–H groups in total. The van der Waals surface area contributed by atoms with Crippen molar-refractivity contribution in [3.63, 3.8) is 0 Å². The normalized spacial score (nSPS) is 12.1. The number of halogens is 1. The van der Waals surface area contributed by atoms with E-state index in [0.29, 0.717) is 19.0 Å². The summed E-state index contributed by atoms with van der Waals surface area (Å²) in [5.74, 6) is 3.27. The summed E-state index contributed by atoms with van der Waals surface area (Å²) >= 11 is 0. The van der Waals surface area contributed by atoms with Crippen molar-refractivity contribution in [2.45, 2.75) is 33.0 Å². The topological polar surface area (TPSA) is 76.4 Å². The zero-order valence-electron chi connectivity index (χ0n) is 17.8. The zero-order valence-corrected chi connectivity index (χ0v) is 20.1. The molecule has 0 amide bonds. The molecule has 0 radical (unpaired) electrons. The third-order valence-corrected chi connectivity index (χ3v) is 4.80. The van der Waals surface area contributed by atoms with Gasteiger partial charge in [-0.05, 0) is 37.1 Å². The van der Waals surface area contributed by atoms with E-state index < -0.39 is 0 Å². The number of hydrogen-bond acceptors (Lipinski definition) is 4. The first kappa shape index (κ1) is 23.7. The molecule has 8 heteroatoms. The van der Waals surface area contributed by atoms with Gasteiger partial charge >= 0.3 is 0 Å². The van der Waals surface area contributed by atoms with E-state index in [2.05, 4.69) is 39.9 Å². The molecule has 3 rings (SSSR count). The average Bonchev–Trinajstić information content (AvgIpc) is 3.08. The Bertz CT molecular complexity index is 957. The van der Waals surface area contributed by atoms with Gasteiger partial charge in [-0.25, -0.2) is 4.99 Å². The van der Waals surface area contributed by atoms with Gasteiger partial charge in [-0.15, -0.1) is 34.2 Å². The molecule has 0 saturated heterocycles. The lowest BCUT2D eigenvalue weighted by atomic mass is 10.1.